The minimum atomic E-state index is -0.00531. The lowest BCUT2D eigenvalue weighted by molar-refractivity contribution is -0.121. The minimum absolute atomic E-state index is 0.00531. The van der Waals surface area contributed by atoms with E-state index in [9.17, 15) is 4.79 Å². The molecule has 1 aromatic rings. The summed E-state index contributed by atoms with van der Waals surface area (Å²) in [6, 6.07) is 8.15. The van der Waals surface area contributed by atoms with Gasteiger partial charge in [0.05, 0.1) is 6.04 Å². The molecule has 1 unspecified atom stereocenters. The third-order valence-electron chi connectivity index (χ3n) is 3.20. The second-order valence-corrected chi connectivity index (χ2v) is 4.58. The number of hydrogen-bond donors (Lipinski definition) is 1. The van der Waals surface area contributed by atoms with Crippen LogP contribution in [0.4, 0.5) is 5.69 Å². The van der Waals surface area contributed by atoms with Gasteiger partial charge in [0.25, 0.3) is 0 Å². The number of carbonyl (C=O) groups is 1. The molecule has 1 aromatic carbocycles. The maximum absolute atomic E-state index is 12.3. The molecule has 1 aliphatic heterocycles. The lowest BCUT2D eigenvalue weighted by Gasteiger charge is -2.32. The van der Waals surface area contributed by atoms with E-state index >= 15 is 0 Å². The van der Waals surface area contributed by atoms with Gasteiger partial charge in [0, 0.05) is 12.2 Å². The average molecular weight is 232 g/mol. The zero-order chi connectivity index (χ0) is 12.3. The van der Waals surface area contributed by atoms with Crippen LogP contribution < -0.4 is 10.2 Å². The SMILES string of the molecule is CCNC1CCCN(c2cccc(C)c2)C1=O. The Kier molecular flexibility index (Phi) is 3.79. The second kappa shape index (κ2) is 5.32. The van der Waals surface area contributed by atoms with Crippen LogP contribution in [-0.2, 0) is 4.79 Å². The topological polar surface area (TPSA) is 32.3 Å². The Balaban J connectivity index is 2.17. The predicted octanol–water partition coefficient (Wildman–Crippen LogP) is 2.10. The smallest absolute Gasteiger partial charge is 0.244 e. The number of nitrogens with one attached hydrogen (secondary N) is 1. The summed E-state index contributed by atoms with van der Waals surface area (Å²) in [6.45, 7) is 5.78. The Labute approximate surface area is 103 Å². The first-order chi connectivity index (χ1) is 8.22. The molecule has 1 N–H and O–H groups in total. The van der Waals surface area contributed by atoms with E-state index in [0.29, 0.717) is 0 Å². The van der Waals surface area contributed by atoms with Crippen molar-refractivity contribution in [2.45, 2.75) is 32.7 Å². The molecule has 0 radical (unpaired) electrons. The Morgan fingerprint density at radius 2 is 2.29 bits per heavy atom. The van der Waals surface area contributed by atoms with Crippen LogP contribution in [0.3, 0.4) is 0 Å². The molecule has 1 atom stereocenters. The zero-order valence-corrected chi connectivity index (χ0v) is 10.6. The number of aryl methyl sites for hydroxylation is 1. The average Bonchev–Trinajstić information content (AvgIpc) is 2.32. The molecule has 0 bridgehead atoms. The highest BCUT2D eigenvalue weighted by Gasteiger charge is 2.28. The normalized spacial score (nSPS) is 20.7. The maximum Gasteiger partial charge on any atom is 0.244 e. The van der Waals surface area contributed by atoms with Crippen LogP contribution in [0.25, 0.3) is 0 Å². The number of benzene rings is 1. The molecule has 1 saturated heterocycles. The monoisotopic (exact) mass is 232 g/mol. The molecule has 17 heavy (non-hydrogen) atoms. The molecular weight excluding hydrogens is 212 g/mol. The number of nitrogens with zero attached hydrogens (tertiary/aromatic N) is 1. The van der Waals surface area contributed by atoms with Gasteiger partial charge in [-0.3, -0.25) is 4.79 Å². The van der Waals surface area contributed by atoms with Crippen molar-refractivity contribution in [3.05, 3.63) is 29.8 Å². The van der Waals surface area contributed by atoms with Crippen LogP contribution in [0, 0.1) is 6.92 Å². The molecule has 3 nitrogen and oxygen atoms in total. The van der Waals surface area contributed by atoms with Gasteiger partial charge in [0.1, 0.15) is 0 Å². The van der Waals surface area contributed by atoms with Gasteiger partial charge in [-0.2, -0.15) is 0 Å². The Morgan fingerprint density at radius 3 is 3.00 bits per heavy atom. The van der Waals surface area contributed by atoms with Gasteiger partial charge in [-0.25, -0.2) is 0 Å². The lowest BCUT2D eigenvalue weighted by Crippen LogP contribution is -2.50. The van der Waals surface area contributed by atoms with Crippen molar-refractivity contribution in [1.29, 1.82) is 0 Å². The second-order valence-electron chi connectivity index (χ2n) is 4.58. The maximum atomic E-state index is 12.3. The van der Waals surface area contributed by atoms with Gasteiger partial charge < -0.3 is 10.2 Å². The highest BCUT2D eigenvalue weighted by atomic mass is 16.2. The summed E-state index contributed by atoms with van der Waals surface area (Å²) < 4.78 is 0. The molecule has 0 aliphatic carbocycles. The highest BCUT2D eigenvalue weighted by Crippen LogP contribution is 2.21. The summed E-state index contributed by atoms with van der Waals surface area (Å²) in [5.41, 5.74) is 2.22. The molecule has 92 valence electrons. The number of piperidine rings is 1. The Bertz CT molecular complexity index is 401. The molecule has 1 fully saturated rings. The van der Waals surface area contributed by atoms with Crippen molar-refractivity contribution in [3.8, 4) is 0 Å². The molecule has 0 spiro atoms. The van der Waals surface area contributed by atoms with E-state index in [-0.39, 0.29) is 11.9 Å². The van der Waals surface area contributed by atoms with Crippen molar-refractivity contribution in [1.82, 2.24) is 5.32 Å². The third kappa shape index (κ3) is 2.67. The first-order valence-electron chi connectivity index (χ1n) is 6.34. The van der Waals surface area contributed by atoms with E-state index in [2.05, 4.69) is 24.4 Å². The fraction of sp³-hybridized carbons (Fsp3) is 0.500. The summed E-state index contributed by atoms with van der Waals surface area (Å²) in [6.07, 6.45) is 2.02. The molecule has 3 heteroatoms. The first kappa shape index (κ1) is 12.1. The van der Waals surface area contributed by atoms with Gasteiger partial charge in [0.2, 0.25) is 5.91 Å². The number of anilines is 1. The van der Waals surface area contributed by atoms with E-state index in [1.807, 2.05) is 24.0 Å². The summed E-state index contributed by atoms with van der Waals surface area (Å²) in [7, 11) is 0. The summed E-state index contributed by atoms with van der Waals surface area (Å²) >= 11 is 0. The van der Waals surface area contributed by atoms with Gasteiger partial charge >= 0.3 is 0 Å². The summed E-state index contributed by atoms with van der Waals surface area (Å²) in [5.74, 6) is 0.212. The van der Waals surface area contributed by atoms with Gasteiger partial charge in [0.15, 0.2) is 0 Å². The minimum Gasteiger partial charge on any atom is -0.311 e. The fourth-order valence-electron chi connectivity index (χ4n) is 2.36. The van der Waals surface area contributed by atoms with Gasteiger partial charge in [-0.15, -0.1) is 0 Å². The molecule has 1 aliphatic rings. The first-order valence-corrected chi connectivity index (χ1v) is 6.34. The largest absolute Gasteiger partial charge is 0.311 e. The standard InChI is InChI=1S/C14H20N2O/c1-3-15-13-8-5-9-16(14(13)17)12-7-4-6-11(2)10-12/h4,6-7,10,13,15H,3,5,8-9H2,1-2H3. The van der Waals surface area contributed by atoms with E-state index in [0.717, 1.165) is 31.6 Å². The van der Waals surface area contributed by atoms with Crippen LogP contribution in [-0.4, -0.2) is 25.0 Å². The van der Waals surface area contributed by atoms with E-state index < -0.39 is 0 Å². The predicted molar refractivity (Wildman–Crippen MR) is 70.2 cm³/mol. The van der Waals surface area contributed by atoms with Gasteiger partial charge in [-0.1, -0.05) is 19.1 Å². The van der Waals surface area contributed by atoms with E-state index in [4.69, 9.17) is 0 Å². The summed E-state index contributed by atoms with van der Waals surface area (Å²) in [5, 5.41) is 3.26. The molecule has 0 aromatic heterocycles. The van der Waals surface area contributed by atoms with Crippen LogP contribution in [0.5, 0.6) is 0 Å². The van der Waals surface area contributed by atoms with Crippen molar-refractivity contribution in [2.75, 3.05) is 18.0 Å². The van der Waals surface area contributed by atoms with Crippen LogP contribution in [0.15, 0.2) is 24.3 Å². The molecular formula is C14H20N2O. The molecule has 0 saturated carbocycles. The number of rotatable bonds is 3. The van der Waals surface area contributed by atoms with E-state index in [1.54, 1.807) is 0 Å². The Hall–Kier alpha value is -1.35. The van der Waals surface area contributed by atoms with E-state index in [1.165, 1.54) is 5.56 Å². The lowest BCUT2D eigenvalue weighted by atomic mass is 10.0. The highest BCUT2D eigenvalue weighted by molar-refractivity contribution is 5.97. The fourth-order valence-corrected chi connectivity index (χ4v) is 2.36. The van der Waals surface area contributed by atoms with Crippen molar-refractivity contribution >= 4 is 11.6 Å². The number of likely N-dealkylation sites (N-methyl/N-ethyl adjacent to an activating group) is 1. The van der Waals surface area contributed by atoms with Crippen LogP contribution in [0.2, 0.25) is 0 Å². The number of hydrogen-bond acceptors (Lipinski definition) is 2. The van der Waals surface area contributed by atoms with Crippen molar-refractivity contribution in [2.24, 2.45) is 0 Å². The molecule has 1 heterocycles. The summed E-state index contributed by atoms with van der Waals surface area (Å²) in [4.78, 5) is 14.2. The van der Waals surface area contributed by atoms with Crippen molar-refractivity contribution < 1.29 is 4.79 Å². The number of amides is 1. The quantitative estimate of drug-likeness (QED) is 0.865. The third-order valence-corrected chi connectivity index (χ3v) is 3.20. The van der Waals surface area contributed by atoms with Crippen LogP contribution >= 0.6 is 0 Å². The van der Waals surface area contributed by atoms with Crippen LogP contribution in [0.1, 0.15) is 25.3 Å². The Morgan fingerprint density at radius 1 is 1.47 bits per heavy atom. The van der Waals surface area contributed by atoms with Gasteiger partial charge in [-0.05, 0) is 44.0 Å². The number of carbonyl (C=O) groups excluding carboxylic acids is 1. The zero-order valence-electron chi connectivity index (χ0n) is 10.6. The molecule has 2 rings (SSSR count). The molecule has 1 amide bonds. The van der Waals surface area contributed by atoms with Crippen molar-refractivity contribution in [3.63, 3.8) is 0 Å².